The van der Waals surface area contributed by atoms with Crippen molar-refractivity contribution in [2.24, 2.45) is 0 Å². The van der Waals surface area contributed by atoms with Crippen molar-refractivity contribution in [3.8, 4) is 11.5 Å². The van der Waals surface area contributed by atoms with Crippen LogP contribution in [0.2, 0.25) is 5.02 Å². The number of fused-ring (bicyclic) bond motifs is 1. The lowest BCUT2D eigenvalue weighted by molar-refractivity contribution is 0.292. The molecule has 0 aliphatic carbocycles. The first-order valence-electron chi connectivity index (χ1n) is 6.81. The molecule has 0 fully saturated rings. The van der Waals surface area contributed by atoms with Gasteiger partial charge in [-0.2, -0.15) is 0 Å². The maximum atomic E-state index is 13.0. The van der Waals surface area contributed by atoms with Crippen LogP contribution in [0.25, 0.3) is 0 Å². The summed E-state index contributed by atoms with van der Waals surface area (Å²) in [4.78, 5) is 0. The minimum Gasteiger partial charge on any atom is -0.493 e. The van der Waals surface area contributed by atoms with E-state index >= 15 is 0 Å². The van der Waals surface area contributed by atoms with Crippen LogP contribution >= 0.6 is 11.6 Å². The van der Waals surface area contributed by atoms with Gasteiger partial charge in [0.25, 0.3) is 0 Å². The van der Waals surface area contributed by atoms with Gasteiger partial charge in [-0.05, 0) is 23.8 Å². The Bertz CT molecular complexity index is 704. The van der Waals surface area contributed by atoms with Crippen molar-refractivity contribution in [2.75, 3.05) is 6.61 Å². The molecular weight excluding hydrogens is 315 g/mol. The van der Waals surface area contributed by atoms with E-state index in [0.29, 0.717) is 22.9 Å². The minimum absolute atomic E-state index is 0.0218. The third kappa shape index (κ3) is 3.02. The molecule has 0 atom stereocenters. The smallest absolute Gasteiger partial charge is 0.493 e. The van der Waals surface area contributed by atoms with Crippen LogP contribution in [0.4, 0.5) is 12.9 Å². The summed E-state index contributed by atoms with van der Waals surface area (Å²) in [7, 11) is 0. The molecule has 2 nitrogen and oxygen atoms in total. The topological polar surface area (TPSA) is 18.5 Å². The van der Waals surface area contributed by atoms with Gasteiger partial charge in [0.1, 0.15) is 12.4 Å². The molecule has 0 saturated heterocycles. The summed E-state index contributed by atoms with van der Waals surface area (Å²) in [5.41, 5.74) is 0.881. The van der Waals surface area contributed by atoms with Crippen LogP contribution < -0.4 is 14.9 Å². The van der Waals surface area contributed by atoms with Gasteiger partial charge in [-0.15, -0.1) is 0 Å². The number of hydrogen-bond acceptors (Lipinski definition) is 2. The van der Waals surface area contributed by atoms with Crippen LogP contribution in [0.5, 0.6) is 11.5 Å². The van der Waals surface area contributed by atoms with E-state index in [2.05, 4.69) is 0 Å². The predicted octanol–water partition coefficient (Wildman–Crippen LogP) is 3.91. The van der Waals surface area contributed by atoms with Crippen LogP contribution in [0.3, 0.4) is 0 Å². The highest BCUT2D eigenvalue weighted by Crippen LogP contribution is 2.33. The second-order valence-electron chi connectivity index (χ2n) is 5.05. The second-order valence-corrected chi connectivity index (χ2v) is 5.49. The summed E-state index contributed by atoms with van der Waals surface area (Å²) in [5.74, 6) is 0.487. The van der Waals surface area contributed by atoms with E-state index in [-0.39, 0.29) is 12.4 Å². The van der Waals surface area contributed by atoms with E-state index in [4.69, 9.17) is 21.1 Å². The monoisotopic (exact) mass is 327 g/mol. The fraction of sp³-hybridized carbons (Fsp3) is 0.200. The maximum Gasteiger partial charge on any atom is 0.513 e. The van der Waals surface area contributed by atoms with Gasteiger partial charge < -0.3 is 22.4 Å². The molecule has 116 valence electrons. The average molecular weight is 328 g/mol. The Morgan fingerprint density at radius 2 is 1.95 bits per heavy atom. The SMILES string of the molecule is F[B-](F)(F)c1ccccc1OCc1cc(Cl)cc2c1OCC2. The normalized spacial score (nSPS) is 13.6. The van der Waals surface area contributed by atoms with E-state index in [1.165, 1.54) is 18.2 Å². The molecule has 0 radical (unpaired) electrons. The fourth-order valence-corrected chi connectivity index (χ4v) is 2.75. The molecule has 1 heterocycles. The molecule has 0 unspecified atom stereocenters. The molecule has 0 spiro atoms. The molecule has 0 saturated carbocycles. The van der Waals surface area contributed by atoms with Crippen LogP contribution in [-0.4, -0.2) is 13.6 Å². The van der Waals surface area contributed by atoms with Crippen molar-refractivity contribution in [1.29, 1.82) is 0 Å². The highest BCUT2D eigenvalue weighted by molar-refractivity contribution is 6.74. The minimum atomic E-state index is -5.12. The van der Waals surface area contributed by atoms with Gasteiger partial charge in [0.15, 0.2) is 0 Å². The lowest BCUT2D eigenvalue weighted by atomic mass is 9.79. The highest BCUT2D eigenvalue weighted by Gasteiger charge is 2.29. The molecule has 1 aliphatic heterocycles. The third-order valence-corrected chi connectivity index (χ3v) is 3.70. The van der Waals surface area contributed by atoms with Crippen LogP contribution in [0.15, 0.2) is 36.4 Å². The highest BCUT2D eigenvalue weighted by atomic mass is 35.5. The van der Waals surface area contributed by atoms with Crippen LogP contribution in [-0.2, 0) is 13.0 Å². The Morgan fingerprint density at radius 1 is 1.18 bits per heavy atom. The number of ether oxygens (including phenoxy) is 2. The van der Waals surface area contributed by atoms with E-state index in [0.717, 1.165) is 18.1 Å². The van der Waals surface area contributed by atoms with Gasteiger partial charge in [-0.1, -0.05) is 35.3 Å². The predicted molar refractivity (Wildman–Crippen MR) is 80.1 cm³/mol. The Morgan fingerprint density at radius 3 is 2.73 bits per heavy atom. The Hall–Kier alpha value is -1.82. The van der Waals surface area contributed by atoms with Gasteiger partial charge in [0.2, 0.25) is 0 Å². The molecule has 0 bridgehead atoms. The number of halogens is 4. The molecule has 3 rings (SSSR count). The molecule has 0 N–H and O–H groups in total. The lowest BCUT2D eigenvalue weighted by Gasteiger charge is -2.20. The average Bonchev–Trinajstić information content (AvgIpc) is 2.92. The summed E-state index contributed by atoms with van der Waals surface area (Å²) < 4.78 is 49.9. The first-order chi connectivity index (χ1) is 10.4. The van der Waals surface area contributed by atoms with Gasteiger partial charge in [0.05, 0.1) is 12.4 Å². The second kappa shape index (κ2) is 5.76. The molecule has 2 aromatic rings. The Kier molecular flexibility index (Phi) is 3.95. The lowest BCUT2D eigenvalue weighted by Crippen LogP contribution is -2.35. The molecule has 7 heteroatoms. The molecule has 2 aromatic carbocycles. The van der Waals surface area contributed by atoms with Crippen molar-refractivity contribution < 1.29 is 22.4 Å². The quantitative estimate of drug-likeness (QED) is 0.793. The van der Waals surface area contributed by atoms with Crippen molar-refractivity contribution in [3.63, 3.8) is 0 Å². The number of hydrogen-bond donors (Lipinski definition) is 0. The largest absolute Gasteiger partial charge is 0.513 e. The van der Waals surface area contributed by atoms with Gasteiger partial charge in [-0.25, -0.2) is 0 Å². The standard InChI is InChI=1S/C15H12BClF3O2/c17-12-7-10-5-6-21-15(10)11(8-12)9-22-14-4-2-1-3-13(14)16(18,19)20/h1-4,7-8H,5-6,9H2/q-1. The third-order valence-electron chi connectivity index (χ3n) is 3.48. The maximum absolute atomic E-state index is 13.0. The van der Waals surface area contributed by atoms with E-state index in [1.54, 1.807) is 12.1 Å². The van der Waals surface area contributed by atoms with E-state index in [9.17, 15) is 12.9 Å². The molecule has 1 aliphatic rings. The first kappa shape index (κ1) is 15.1. The number of rotatable bonds is 4. The van der Waals surface area contributed by atoms with Crippen LogP contribution in [0.1, 0.15) is 11.1 Å². The van der Waals surface area contributed by atoms with Crippen molar-refractivity contribution in [1.82, 2.24) is 0 Å². The summed E-state index contributed by atoms with van der Waals surface area (Å²) in [6.45, 7) is -4.59. The Labute approximate surface area is 130 Å². The zero-order valence-electron chi connectivity index (χ0n) is 11.5. The Balaban J connectivity index is 1.85. The van der Waals surface area contributed by atoms with Crippen molar-refractivity contribution in [3.05, 3.63) is 52.5 Å². The van der Waals surface area contributed by atoms with Crippen molar-refractivity contribution in [2.45, 2.75) is 13.0 Å². The van der Waals surface area contributed by atoms with Gasteiger partial charge in [-0.3, -0.25) is 0 Å². The summed E-state index contributed by atoms with van der Waals surface area (Å²) in [5, 5.41) is 0.524. The van der Waals surface area contributed by atoms with Crippen molar-refractivity contribution >= 4 is 24.0 Å². The van der Waals surface area contributed by atoms with Crippen LogP contribution in [0, 0.1) is 0 Å². The first-order valence-corrected chi connectivity index (χ1v) is 7.19. The number of benzene rings is 2. The summed E-state index contributed by atoms with van der Waals surface area (Å²) >= 11 is 6.03. The van der Waals surface area contributed by atoms with E-state index < -0.39 is 12.4 Å². The molecular formula is C15H12BClF3O2-. The van der Waals surface area contributed by atoms with Gasteiger partial charge >= 0.3 is 6.98 Å². The number of para-hydroxylation sites is 1. The molecule has 0 aromatic heterocycles. The zero-order valence-corrected chi connectivity index (χ0v) is 12.2. The summed E-state index contributed by atoms with van der Waals surface area (Å²) in [6, 6.07) is 8.66. The zero-order chi connectivity index (χ0) is 15.7. The summed E-state index contributed by atoms with van der Waals surface area (Å²) in [6.07, 6.45) is 0.741. The van der Waals surface area contributed by atoms with E-state index in [1.807, 2.05) is 0 Å². The molecule has 22 heavy (non-hydrogen) atoms. The van der Waals surface area contributed by atoms with Gasteiger partial charge in [0, 0.05) is 17.0 Å². The fourth-order valence-electron chi connectivity index (χ4n) is 2.49. The molecule has 0 amide bonds.